The molecule has 0 radical (unpaired) electrons. The molecule has 1 fully saturated rings. The summed E-state index contributed by atoms with van der Waals surface area (Å²) in [5.74, 6) is 5.12. The van der Waals surface area contributed by atoms with E-state index in [2.05, 4.69) is 38.5 Å². The molecule has 1 amide bonds. The summed E-state index contributed by atoms with van der Waals surface area (Å²) < 4.78 is 47.9. The number of hydrogen-bond acceptors (Lipinski definition) is 7. The Morgan fingerprint density at radius 2 is 2.11 bits per heavy atom. The third-order valence-electron chi connectivity index (χ3n) is 6.85. The fraction of sp³-hybridized carbons (Fsp3) is 0.400. The van der Waals surface area contributed by atoms with Gasteiger partial charge in [-0.25, -0.2) is 19.6 Å². The second-order valence-electron chi connectivity index (χ2n) is 9.19. The molecule has 0 saturated carbocycles. The van der Waals surface area contributed by atoms with Crippen molar-refractivity contribution in [1.82, 2.24) is 34.2 Å². The highest BCUT2D eigenvalue weighted by atomic mass is 19.4. The predicted octanol–water partition coefficient (Wildman–Crippen LogP) is 2.52. The maximum Gasteiger partial charge on any atom is 0.449 e. The minimum Gasteiger partial charge on any atom is -0.383 e. The highest BCUT2D eigenvalue weighted by Crippen LogP contribution is 2.34. The van der Waals surface area contributed by atoms with Gasteiger partial charge < -0.3 is 19.9 Å². The second kappa shape index (κ2) is 9.60. The first-order chi connectivity index (χ1) is 18.1. The van der Waals surface area contributed by atoms with Gasteiger partial charge in [0.2, 0.25) is 11.7 Å². The van der Waals surface area contributed by atoms with Crippen molar-refractivity contribution in [3.05, 3.63) is 47.5 Å². The normalized spacial score (nSPS) is 19.2. The average molecular weight is 527 g/mol. The van der Waals surface area contributed by atoms with Crippen LogP contribution in [0.2, 0.25) is 0 Å². The quantitative estimate of drug-likeness (QED) is 0.410. The van der Waals surface area contributed by atoms with Gasteiger partial charge in [-0.05, 0) is 37.3 Å². The number of nitrogen functional groups attached to an aromatic ring is 1. The molecule has 3 aromatic heterocycles. The Kier molecular flexibility index (Phi) is 6.44. The van der Waals surface area contributed by atoms with Gasteiger partial charge in [-0.15, -0.1) is 0 Å². The summed E-state index contributed by atoms with van der Waals surface area (Å²) in [5, 5.41) is 5.16. The van der Waals surface area contributed by atoms with Gasteiger partial charge in [0.15, 0.2) is 5.65 Å². The molecular formula is C25H25F3N8O2. The van der Waals surface area contributed by atoms with Gasteiger partial charge in [0.25, 0.3) is 0 Å². The van der Waals surface area contributed by atoms with Gasteiger partial charge in [-0.3, -0.25) is 4.79 Å². The van der Waals surface area contributed by atoms with Crippen LogP contribution in [-0.2, 0) is 29.2 Å². The number of nitrogens with zero attached hydrogens (tertiary/aromatic N) is 7. The minimum atomic E-state index is -4.54. The van der Waals surface area contributed by atoms with Crippen LogP contribution >= 0.6 is 0 Å². The number of carbonyl (C=O) groups is 1. The van der Waals surface area contributed by atoms with E-state index in [1.54, 1.807) is 22.8 Å². The molecule has 0 aromatic carbocycles. The molecule has 10 nitrogen and oxygen atoms in total. The number of imidazole rings is 1. The van der Waals surface area contributed by atoms with E-state index >= 15 is 0 Å². The topological polar surface area (TPSA) is 117 Å². The third-order valence-corrected chi connectivity index (χ3v) is 6.85. The number of allylic oxidation sites excluding steroid dienone is 1. The summed E-state index contributed by atoms with van der Waals surface area (Å²) in [5.41, 5.74) is 8.40. The number of rotatable bonds is 4. The van der Waals surface area contributed by atoms with E-state index in [0.717, 1.165) is 4.57 Å². The van der Waals surface area contributed by atoms with Gasteiger partial charge in [0.05, 0.1) is 29.8 Å². The van der Waals surface area contributed by atoms with Crippen molar-refractivity contribution in [2.24, 2.45) is 7.05 Å². The monoisotopic (exact) mass is 526 g/mol. The number of amides is 1. The van der Waals surface area contributed by atoms with Crippen molar-refractivity contribution in [2.45, 2.75) is 37.5 Å². The molecule has 1 saturated heterocycles. The first-order valence-corrected chi connectivity index (χ1v) is 11.9. The van der Waals surface area contributed by atoms with Crippen molar-refractivity contribution in [3.63, 3.8) is 0 Å². The Labute approximate surface area is 216 Å². The lowest BCUT2D eigenvalue weighted by Crippen LogP contribution is -2.37. The van der Waals surface area contributed by atoms with Crippen LogP contribution in [-0.4, -0.2) is 66.4 Å². The molecule has 4 heterocycles. The molecule has 38 heavy (non-hydrogen) atoms. The molecular weight excluding hydrogens is 501 g/mol. The first kappa shape index (κ1) is 25.5. The number of hydrogen-bond donors (Lipinski definition) is 1. The van der Waals surface area contributed by atoms with Crippen LogP contribution in [0.5, 0.6) is 0 Å². The summed E-state index contributed by atoms with van der Waals surface area (Å²) in [7, 11) is 2.94. The van der Waals surface area contributed by atoms with E-state index in [1.807, 2.05) is 0 Å². The highest BCUT2D eigenvalue weighted by Gasteiger charge is 2.38. The predicted molar refractivity (Wildman–Crippen MR) is 132 cm³/mol. The lowest BCUT2D eigenvalue weighted by Gasteiger charge is -2.22. The number of ether oxygens (including phenoxy) is 1. The van der Waals surface area contributed by atoms with Crippen LogP contribution in [0.1, 0.15) is 41.8 Å². The number of anilines is 1. The van der Waals surface area contributed by atoms with E-state index in [1.165, 1.54) is 19.5 Å². The molecule has 3 aromatic rings. The van der Waals surface area contributed by atoms with E-state index in [0.29, 0.717) is 60.4 Å². The Balaban J connectivity index is 1.51. The third kappa shape index (κ3) is 4.41. The van der Waals surface area contributed by atoms with E-state index in [9.17, 15) is 18.0 Å². The zero-order chi connectivity index (χ0) is 27.2. The number of nitrogens with two attached hydrogens (primary N) is 1. The highest BCUT2D eigenvalue weighted by molar-refractivity contribution is 5.91. The number of likely N-dealkylation sites (tertiary alicyclic amines) is 1. The molecule has 1 unspecified atom stereocenters. The molecule has 1 aliphatic heterocycles. The molecule has 1 aliphatic carbocycles. The zero-order valence-corrected chi connectivity index (χ0v) is 20.8. The Morgan fingerprint density at radius 1 is 1.32 bits per heavy atom. The fourth-order valence-electron chi connectivity index (χ4n) is 5.09. The van der Waals surface area contributed by atoms with Crippen LogP contribution < -0.4 is 5.73 Å². The molecule has 5 rings (SSSR count). The van der Waals surface area contributed by atoms with Gasteiger partial charge in [0.1, 0.15) is 17.8 Å². The maximum atomic E-state index is 13.3. The average Bonchev–Trinajstić information content (AvgIpc) is 3.56. The molecule has 13 heteroatoms. The fourth-order valence-corrected chi connectivity index (χ4v) is 5.09. The van der Waals surface area contributed by atoms with Crippen molar-refractivity contribution in [1.29, 1.82) is 0 Å². The van der Waals surface area contributed by atoms with Crippen LogP contribution in [0.25, 0.3) is 17.1 Å². The number of halogens is 3. The van der Waals surface area contributed by atoms with Crippen molar-refractivity contribution >= 4 is 28.8 Å². The zero-order valence-electron chi connectivity index (χ0n) is 20.8. The summed E-state index contributed by atoms with van der Waals surface area (Å²) in [6.07, 6.45) is 1.07. The van der Waals surface area contributed by atoms with Crippen molar-refractivity contribution < 1.29 is 22.7 Å². The second-order valence-corrected chi connectivity index (χ2v) is 9.19. The molecule has 198 valence electrons. The largest absolute Gasteiger partial charge is 0.449 e. The van der Waals surface area contributed by atoms with Crippen molar-refractivity contribution in [3.8, 4) is 11.8 Å². The standard InChI is InChI=1S/C25H25F3N8O2/c1-4-20(37)35-11-15(10-16(35)12-38-3)36-23-21(22(29)30-13-31-23)17(33-36)7-5-14-6-8-19-18(9-14)32-24(34(19)2)25(26,27)28/h4,9,13,15-16H,1,6,8,10-12H2,2-3H3,(H2,29,30,31)/t15?,16-/m1/s1. The summed E-state index contributed by atoms with van der Waals surface area (Å²) in [6, 6.07) is -0.373. The number of alkyl halides is 3. The lowest BCUT2D eigenvalue weighted by atomic mass is 10.0. The number of methoxy groups -OCH3 is 1. The molecule has 2 N–H and O–H groups in total. The molecule has 0 spiro atoms. The van der Waals surface area contributed by atoms with E-state index in [-0.39, 0.29) is 29.5 Å². The molecule has 2 atom stereocenters. The van der Waals surface area contributed by atoms with Crippen LogP contribution in [0.3, 0.4) is 0 Å². The first-order valence-electron chi connectivity index (χ1n) is 11.9. The molecule has 0 bridgehead atoms. The Morgan fingerprint density at radius 3 is 2.82 bits per heavy atom. The van der Waals surface area contributed by atoms with Gasteiger partial charge in [-0.2, -0.15) is 18.3 Å². The van der Waals surface area contributed by atoms with E-state index < -0.39 is 12.0 Å². The van der Waals surface area contributed by atoms with Gasteiger partial charge in [0, 0.05) is 32.0 Å². The SMILES string of the molecule is C=CC(=O)N1CC(n2nc(C#CC3=Cc4nc(C(F)(F)F)n(C)c4CC3)c3c(N)ncnc32)C[C@@H]1COC. The van der Waals surface area contributed by atoms with Crippen LogP contribution in [0.4, 0.5) is 19.0 Å². The lowest BCUT2D eigenvalue weighted by molar-refractivity contribution is -0.146. The Hall–Kier alpha value is -4.18. The van der Waals surface area contributed by atoms with Crippen LogP contribution in [0, 0.1) is 11.8 Å². The van der Waals surface area contributed by atoms with Crippen molar-refractivity contribution in [2.75, 3.05) is 26.0 Å². The minimum absolute atomic E-state index is 0.162. The summed E-state index contributed by atoms with van der Waals surface area (Å²) >= 11 is 0. The smallest absolute Gasteiger partial charge is 0.383 e. The van der Waals surface area contributed by atoms with Gasteiger partial charge in [-0.1, -0.05) is 12.5 Å². The number of fused-ring (bicyclic) bond motifs is 2. The number of carbonyl (C=O) groups excluding carboxylic acids is 1. The Bertz CT molecular complexity index is 1530. The summed E-state index contributed by atoms with van der Waals surface area (Å²) in [6.45, 7) is 4.32. The summed E-state index contributed by atoms with van der Waals surface area (Å²) in [4.78, 5) is 26.4. The van der Waals surface area contributed by atoms with Gasteiger partial charge >= 0.3 is 6.18 Å². The number of aromatic nitrogens is 6. The van der Waals surface area contributed by atoms with Crippen LogP contribution in [0.15, 0.2) is 24.6 Å². The maximum absolute atomic E-state index is 13.3. The van der Waals surface area contributed by atoms with E-state index in [4.69, 9.17) is 10.5 Å². The molecule has 2 aliphatic rings.